The van der Waals surface area contributed by atoms with Gasteiger partial charge in [0.1, 0.15) is 0 Å². The van der Waals surface area contributed by atoms with E-state index >= 15 is 0 Å². The first-order valence-electron chi connectivity index (χ1n) is 5.95. The van der Waals surface area contributed by atoms with Crippen LogP contribution in [0.25, 0.3) is 0 Å². The van der Waals surface area contributed by atoms with Crippen LogP contribution in [0.3, 0.4) is 0 Å². The molecule has 3 heteroatoms. The molecule has 1 fully saturated rings. The fourth-order valence-electron chi connectivity index (χ4n) is 2.23. The summed E-state index contributed by atoms with van der Waals surface area (Å²) in [5.41, 5.74) is 2.31. The molecule has 0 aliphatic heterocycles. The molecule has 16 heavy (non-hydrogen) atoms. The van der Waals surface area contributed by atoms with Crippen molar-refractivity contribution in [2.24, 2.45) is 0 Å². The van der Waals surface area contributed by atoms with E-state index in [4.69, 9.17) is 0 Å². The minimum absolute atomic E-state index is 0.152. The minimum atomic E-state index is -0.152. The van der Waals surface area contributed by atoms with Gasteiger partial charge in [-0.1, -0.05) is 12.8 Å². The molecule has 0 radical (unpaired) electrons. The lowest BCUT2D eigenvalue weighted by atomic mass is 9.97. The lowest BCUT2D eigenvalue weighted by Gasteiger charge is -2.26. The number of hydrogen-bond donors (Lipinski definition) is 1. The zero-order valence-electron chi connectivity index (χ0n) is 9.94. The van der Waals surface area contributed by atoms with E-state index in [9.17, 15) is 5.11 Å². The van der Waals surface area contributed by atoms with Gasteiger partial charge in [0, 0.05) is 10.9 Å². The highest BCUT2D eigenvalue weighted by Gasteiger charge is 2.24. The molecule has 1 N–H and O–H groups in total. The molecule has 1 aliphatic carbocycles. The van der Waals surface area contributed by atoms with E-state index in [1.807, 2.05) is 6.92 Å². The van der Waals surface area contributed by atoms with Crippen molar-refractivity contribution < 1.29 is 5.11 Å². The van der Waals surface area contributed by atoms with Crippen molar-refractivity contribution in [3.8, 4) is 0 Å². The Balaban J connectivity index is 2.07. The predicted molar refractivity (Wildman–Crippen MR) is 67.8 cm³/mol. The molecule has 0 unspecified atom stereocenters. The van der Waals surface area contributed by atoms with Gasteiger partial charge < -0.3 is 5.11 Å². The fraction of sp³-hybridized carbons (Fsp3) is 0.615. The number of aromatic nitrogens is 1. The van der Waals surface area contributed by atoms with Gasteiger partial charge in [-0.25, -0.2) is 4.98 Å². The number of pyridine rings is 1. The Labute approximate surface area is 101 Å². The SMILES string of the molecule is Cc1cc(C)nc(S[C@H]2CCCC[C@@H]2O)c1. The standard InChI is InChI=1S/C13H19NOS/c1-9-7-10(2)14-13(8-9)16-12-6-4-3-5-11(12)15/h7-8,11-12,15H,3-6H2,1-2H3/t11-,12-/m0/s1. The molecule has 2 atom stereocenters. The predicted octanol–water partition coefficient (Wildman–Crippen LogP) is 3.09. The molecule has 0 bridgehead atoms. The minimum Gasteiger partial charge on any atom is -0.392 e. The smallest absolute Gasteiger partial charge is 0.0969 e. The third kappa shape index (κ3) is 2.98. The average molecular weight is 237 g/mol. The summed E-state index contributed by atoms with van der Waals surface area (Å²) in [6, 6.07) is 4.19. The van der Waals surface area contributed by atoms with Crippen LogP contribution in [0.1, 0.15) is 36.9 Å². The van der Waals surface area contributed by atoms with Crippen LogP contribution in [0.5, 0.6) is 0 Å². The van der Waals surface area contributed by atoms with Gasteiger partial charge in [-0.3, -0.25) is 0 Å². The van der Waals surface area contributed by atoms with Gasteiger partial charge in [0.2, 0.25) is 0 Å². The Morgan fingerprint density at radius 2 is 2.00 bits per heavy atom. The molecule has 1 aromatic rings. The normalized spacial score (nSPS) is 25.7. The average Bonchev–Trinajstić information content (AvgIpc) is 2.20. The number of nitrogens with zero attached hydrogens (tertiary/aromatic N) is 1. The number of thioether (sulfide) groups is 1. The third-order valence-corrected chi connectivity index (χ3v) is 4.32. The van der Waals surface area contributed by atoms with Crippen LogP contribution < -0.4 is 0 Å². The van der Waals surface area contributed by atoms with Gasteiger partial charge >= 0.3 is 0 Å². The van der Waals surface area contributed by atoms with Crippen molar-refractivity contribution in [1.29, 1.82) is 0 Å². The van der Waals surface area contributed by atoms with Gasteiger partial charge in [-0.2, -0.15) is 0 Å². The van der Waals surface area contributed by atoms with Gasteiger partial charge in [0.25, 0.3) is 0 Å². The Morgan fingerprint density at radius 3 is 2.69 bits per heavy atom. The van der Waals surface area contributed by atoms with Crippen LogP contribution in [0.15, 0.2) is 17.2 Å². The van der Waals surface area contributed by atoms with E-state index in [0.717, 1.165) is 23.6 Å². The molecule has 2 rings (SSSR count). The summed E-state index contributed by atoms with van der Waals surface area (Å²) in [6.07, 6.45) is 4.31. The summed E-state index contributed by atoms with van der Waals surface area (Å²) < 4.78 is 0. The largest absolute Gasteiger partial charge is 0.392 e. The van der Waals surface area contributed by atoms with Crippen molar-refractivity contribution in [1.82, 2.24) is 4.98 Å². The number of aliphatic hydroxyl groups is 1. The van der Waals surface area contributed by atoms with Crippen LogP contribution in [-0.4, -0.2) is 21.4 Å². The van der Waals surface area contributed by atoms with E-state index < -0.39 is 0 Å². The highest BCUT2D eigenvalue weighted by atomic mass is 32.2. The lowest BCUT2D eigenvalue weighted by Crippen LogP contribution is -2.26. The summed E-state index contributed by atoms with van der Waals surface area (Å²) >= 11 is 1.74. The molecule has 0 aromatic carbocycles. The van der Waals surface area contributed by atoms with Crippen LogP contribution in [0.4, 0.5) is 0 Å². The Bertz CT molecular complexity index is 347. The molecule has 2 nitrogen and oxygen atoms in total. The lowest BCUT2D eigenvalue weighted by molar-refractivity contribution is 0.137. The van der Waals surface area contributed by atoms with E-state index in [1.165, 1.54) is 18.4 Å². The van der Waals surface area contributed by atoms with Gasteiger partial charge in [-0.05, 0) is 44.4 Å². The van der Waals surface area contributed by atoms with Crippen LogP contribution in [0.2, 0.25) is 0 Å². The second kappa shape index (κ2) is 5.19. The van der Waals surface area contributed by atoms with Crippen molar-refractivity contribution in [2.75, 3.05) is 0 Å². The molecule has 88 valence electrons. The van der Waals surface area contributed by atoms with Gasteiger partial charge in [-0.15, -0.1) is 11.8 Å². The Hall–Kier alpha value is -0.540. The van der Waals surface area contributed by atoms with E-state index in [-0.39, 0.29) is 6.10 Å². The molecular weight excluding hydrogens is 218 g/mol. The van der Waals surface area contributed by atoms with Gasteiger partial charge in [0.05, 0.1) is 11.1 Å². The van der Waals surface area contributed by atoms with Crippen molar-refractivity contribution in [3.63, 3.8) is 0 Å². The topological polar surface area (TPSA) is 33.1 Å². The fourth-order valence-corrected chi connectivity index (χ4v) is 3.57. The maximum absolute atomic E-state index is 9.92. The Kier molecular flexibility index (Phi) is 3.87. The quantitative estimate of drug-likeness (QED) is 0.858. The third-order valence-electron chi connectivity index (χ3n) is 3.01. The maximum Gasteiger partial charge on any atom is 0.0969 e. The molecular formula is C13H19NOS. The first-order chi connectivity index (χ1) is 7.65. The van der Waals surface area contributed by atoms with Gasteiger partial charge in [0.15, 0.2) is 0 Å². The highest BCUT2D eigenvalue weighted by Crippen LogP contribution is 2.33. The summed E-state index contributed by atoms with van der Waals surface area (Å²) in [4.78, 5) is 4.51. The number of rotatable bonds is 2. The summed E-state index contributed by atoms with van der Waals surface area (Å²) in [5.74, 6) is 0. The van der Waals surface area contributed by atoms with E-state index in [1.54, 1.807) is 11.8 Å². The molecule has 1 saturated carbocycles. The van der Waals surface area contributed by atoms with Crippen LogP contribution in [0, 0.1) is 13.8 Å². The summed E-state index contributed by atoms with van der Waals surface area (Å²) in [7, 11) is 0. The molecule has 0 saturated heterocycles. The molecule has 1 aromatic heterocycles. The summed E-state index contributed by atoms with van der Waals surface area (Å²) in [5, 5.41) is 11.3. The second-order valence-corrected chi connectivity index (χ2v) is 5.89. The molecule has 1 heterocycles. The maximum atomic E-state index is 9.92. The monoisotopic (exact) mass is 237 g/mol. The van der Waals surface area contributed by atoms with Crippen LogP contribution >= 0.6 is 11.8 Å². The van der Waals surface area contributed by atoms with Crippen LogP contribution in [-0.2, 0) is 0 Å². The van der Waals surface area contributed by atoms with E-state index in [0.29, 0.717) is 5.25 Å². The molecule has 1 aliphatic rings. The summed E-state index contributed by atoms with van der Waals surface area (Å²) in [6.45, 7) is 4.12. The molecule has 0 amide bonds. The molecule has 0 spiro atoms. The first kappa shape index (κ1) is 11.9. The number of hydrogen-bond acceptors (Lipinski definition) is 3. The zero-order chi connectivity index (χ0) is 11.5. The van der Waals surface area contributed by atoms with Crippen molar-refractivity contribution >= 4 is 11.8 Å². The number of aryl methyl sites for hydroxylation is 2. The Morgan fingerprint density at radius 1 is 1.25 bits per heavy atom. The number of aliphatic hydroxyl groups excluding tert-OH is 1. The van der Waals surface area contributed by atoms with E-state index in [2.05, 4.69) is 24.0 Å². The van der Waals surface area contributed by atoms with Crippen molar-refractivity contribution in [3.05, 3.63) is 23.4 Å². The highest BCUT2D eigenvalue weighted by molar-refractivity contribution is 7.99. The second-order valence-electron chi connectivity index (χ2n) is 4.63. The zero-order valence-corrected chi connectivity index (χ0v) is 10.8. The first-order valence-corrected chi connectivity index (χ1v) is 6.83. The van der Waals surface area contributed by atoms with Crippen molar-refractivity contribution in [2.45, 2.75) is 55.9 Å².